The summed E-state index contributed by atoms with van der Waals surface area (Å²) in [4.78, 5) is 56.9. The largest absolute Gasteiger partial charge is 1.00 e. The van der Waals surface area contributed by atoms with Crippen molar-refractivity contribution in [2.45, 2.75) is 424 Å². The van der Waals surface area contributed by atoms with Crippen molar-refractivity contribution in [3.05, 3.63) is 0 Å². The maximum absolute atomic E-state index is 16.0. The van der Waals surface area contributed by atoms with Crippen molar-refractivity contribution in [2.24, 2.45) is 0 Å². The van der Waals surface area contributed by atoms with Gasteiger partial charge in [0, 0.05) is 51.6 Å². The van der Waals surface area contributed by atoms with Gasteiger partial charge in [0.15, 0.2) is 0 Å². The summed E-state index contributed by atoms with van der Waals surface area (Å²) in [7, 11) is -11.1. The zero-order chi connectivity index (χ0) is 64.2. The topological polar surface area (TPSA) is 202 Å². The zero-order valence-corrected chi connectivity index (χ0v) is 65.2. The number of aliphatic hydroxyl groups is 4. The molecule has 0 aliphatic carbocycles. The van der Waals surface area contributed by atoms with Gasteiger partial charge in [-0.15, -0.1) is 0 Å². The molecule has 0 heterocycles. The zero-order valence-electron chi connectivity index (χ0n) is 61.4. The quantitative estimate of drug-likeness (QED) is 0.0255. The summed E-state index contributed by atoms with van der Waals surface area (Å²) in [5.74, 6) is -0.614. The van der Waals surface area contributed by atoms with Crippen LogP contribution in [0.5, 0.6) is 0 Å². The molecule has 0 spiro atoms. The van der Waals surface area contributed by atoms with Crippen LogP contribution in [-0.4, -0.2) is 80.2 Å². The maximum atomic E-state index is 16.0. The van der Waals surface area contributed by atoms with Gasteiger partial charge in [-0.05, 0) is 25.7 Å². The van der Waals surface area contributed by atoms with E-state index < -0.39 is 82.2 Å². The van der Waals surface area contributed by atoms with Gasteiger partial charge in [0.25, 0.3) is 0 Å². The smallest absolute Gasteiger partial charge is 1.00 e. The van der Waals surface area contributed by atoms with Crippen LogP contribution in [0.25, 0.3) is 0 Å². The van der Waals surface area contributed by atoms with Crippen molar-refractivity contribution >= 4 is 37.4 Å². The third kappa shape index (κ3) is 49.1. The number of rotatable bonds is 72. The molecule has 520 valence electrons. The Hall–Kier alpha value is 0.900. The van der Waals surface area contributed by atoms with Gasteiger partial charge < -0.3 is 32.3 Å². The van der Waals surface area contributed by atoms with Crippen LogP contribution >= 0.6 is 14.7 Å². The van der Waals surface area contributed by atoms with Gasteiger partial charge in [0.1, 0.15) is 11.6 Å². The van der Waals surface area contributed by atoms with Gasteiger partial charge in [0.2, 0.25) is 16.1 Å². The summed E-state index contributed by atoms with van der Waals surface area (Å²) in [5.41, 5.74) is -2.25. The summed E-state index contributed by atoms with van der Waals surface area (Å²) < 4.78 is 44.2. The minimum Gasteiger partial charge on any atom is -1.00 e. The number of carbonyl (C=O) groups is 4. The van der Waals surface area contributed by atoms with Crippen LogP contribution in [0.4, 0.5) is 0 Å². The van der Waals surface area contributed by atoms with Crippen molar-refractivity contribution in [1.29, 1.82) is 0 Å². The first-order valence-corrected chi connectivity index (χ1v) is 40.8. The first kappa shape index (κ1) is 94.1. The molecular weight excluding hydrogens is 1180 g/mol. The van der Waals surface area contributed by atoms with E-state index in [9.17, 15) is 39.6 Å². The molecule has 0 saturated heterocycles. The monoisotopic (exact) mass is 1320 g/mol. The second-order valence-corrected chi connectivity index (χ2v) is 31.9. The fourth-order valence-corrected chi connectivity index (χ4v) is 18.8. The summed E-state index contributed by atoms with van der Waals surface area (Å²) in [5, 5.41) is 42.0. The number of aliphatic hydroxyl groups excluding tert-OH is 3. The molecule has 4 unspecified atom stereocenters. The molecule has 4 N–H and O–H groups in total. The molecule has 0 saturated carbocycles. The predicted molar refractivity (Wildman–Crippen MR) is 369 cm³/mol. The fraction of sp³-hybridized carbons (Fsp3) is 0.945. The normalized spacial score (nSPS) is 14.3. The molecule has 4 atom stereocenters. The van der Waals surface area contributed by atoms with E-state index in [4.69, 9.17) is 9.05 Å². The van der Waals surface area contributed by atoms with Crippen molar-refractivity contribution in [3.8, 4) is 0 Å². The van der Waals surface area contributed by atoms with E-state index >= 15 is 9.13 Å². The molecule has 12 nitrogen and oxygen atoms in total. The molecule has 0 amide bonds. The predicted octanol–water partition coefficient (Wildman–Crippen LogP) is 16.5. The molecule has 16 heteroatoms. The number of ketones is 2. The molecule has 0 radical (unpaired) electrons. The van der Waals surface area contributed by atoms with Gasteiger partial charge in [0.05, 0.1) is 25.4 Å². The Morgan fingerprint density at radius 2 is 0.506 bits per heavy atom. The van der Waals surface area contributed by atoms with Gasteiger partial charge >= 0.3 is 73.9 Å². The Morgan fingerprint density at radius 3 is 0.685 bits per heavy atom. The molecule has 0 bridgehead atoms. The van der Waals surface area contributed by atoms with Crippen molar-refractivity contribution in [3.63, 3.8) is 0 Å². The Balaban J connectivity index is -0.00000616. The minimum absolute atomic E-state index is 0. The Labute approximate surface area is 596 Å². The van der Waals surface area contributed by atoms with E-state index in [0.29, 0.717) is 25.7 Å². The molecule has 0 aromatic rings. The van der Waals surface area contributed by atoms with Crippen molar-refractivity contribution in [2.75, 3.05) is 19.8 Å². The molecule has 0 rings (SSSR count). The Morgan fingerprint density at radius 1 is 0.326 bits per heavy atom. The molecule has 0 aliphatic heterocycles. The Kier molecular flexibility index (Phi) is 71.3. The number of hydrogen-bond donors (Lipinski definition) is 4. The van der Waals surface area contributed by atoms with Crippen LogP contribution in [0, 0.1) is 0 Å². The summed E-state index contributed by atoms with van der Waals surface area (Å²) in [6.07, 6.45) is 50.9. The molecule has 0 aromatic carbocycles. The molecule has 0 fully saturated rings. The van der Waals surface area contributed by atoms with Crippen LogP contribution in [0.3, 0.4) is 0 Å². The SMILES string of the molecule is CCCCCCCCCCCCCCCC(=O)CC(CO)OP(=O)(C(=O)CCCCCCCCCCCCCCC)C(O)(CCO)P(=O)(OC(CO)CC(=O)CCCCCCCCCCCCCCC)C(=O)CCCCCCCCCCCCCCC.[H-].[H-].[Na+].[Na+]. The van der Waals surface area contributed by atoms with E-state index in [2.05, 4.69) is 27.7 Å². The average Bonchev–Trinajstić information content (AvgIpc) is 0.739. The van der Waals surface area contributed by atoms with E-state index in [1.54, 1.807) is 0 Å². The van der Waals surface area contributed by atoms with Crippen LogP contribution < -0.4 is 59.1 Å². The van der Waals surface area contributed by atoms with E-state index in [-0.39, 0.29) is 112 Å². The molecule has 0 aliphatic rings. The molecule has 0 aromatic heterocycles. The molecular formula is C73H144Na2O12P2. The maximum Gasteiger partial charge on any atom is 1.00 e. The van der Waals surface area contributed by atoms with E-state index in [0.717, 1.165) is 103 Å². The number of carbonyl (C=O) groups excluding carboxylic acids is 4. The number of unbranched alkanes of at least 4 members (excludes halogenated alkanes) is 48. The summed E-state index contributed by atoms with van der Waals surface area (Å²) in [6, 6.07) is 0. The van der Waals surface area contributed by atoms with Gasteiger partial charge in [-0.3, -0.25) is 28.3 Å². The first-order valence-electron chi connectivity index (χ1n) is 37.5. The van der Waals surface area contributed by atoms with Crippen LogP contribution in [0.15, 0.2) is 0 Å². The van der Waals surface area contributed by atoms with Crippen LogP contribution in [0.2, 0.25) is 0 Å². The first-order chi connectivity index (χ1) is 42.3. The summed E-state index contributed by atoms with van der Waals surface area (Å²) in [6.45, 7) is 6.17. The molecule has 89 heavy (non-hydrogen) atoms. The minimum atomic E-state index is -5.55. The number of Topliss-reactive ketones (excluding diaryl/α,β-unsaturated/α-hetero) is 2. The second-order valence-electron chi connectivity index (χ2n) is 26.4. The third-order valence-corrected chi connectivity index (χ3v) is 24.9. The van der Waals surface area contributed by atoms with Crippen molar-refractivity contribution in [1.82, 2.24) is 0 Å². The standard InChI is InChI=1S/C73H142O12P2.2Na.2H/c1-5-9-13-17-21-25-29-33-37-41-45-49-53-57-67(77)63-69(65-75)84-86(82,71(79)59-55-51-47-43-39-35-31-27-23-19-15-11-7-3)73(81,61-62-74)87(83,72(80)60-56-52-48-44-40-36-32-28-24-20-16-12-8-4)85-70(66-76)64-68(78)58-54-50-46-42-38-34-30-26-22-18-14-10-6-2;;;;/h69-70,74-76,81H,5-66H2,1-4H3;;;;/q;2*+1;2*-1. The fourth-order valence-electron chi connectivity index (χ4n) is 12.3. The van der Waals surface area contributed by atoms with E-state index in [1.165, 1.54) is 193 Å². The van der Waals surface area contributed by atoms with Gasteiger partial charge in [-0.2, -0.15) is 0 Å². The Bertz CT molecular complexity index is 1600. The average molecular weight is 1320 g/mol. The van der Waals surface area contributed by atoms with Crippen LogP contribution in [0.1, 0.15) is 409 Å². The third-order valence-electron chi connectivity index (χ3n) is 18.1. The van der Waals surface area contributed by atoms with Gasteiger partial charge in [-0.1, -0.05) is 336 Å². The van der Waals surface area contributed by atoms with E-state index in [1.807, 2.05) is 0 Å². The number of hydrogen-bond acceptors (Lipinski definition) is 12. The summed E-state index contributed by atoms with van der Waals surface area (Å²) >= 11 is 0. The second kappa shape index (κ2) is 67.5. The van der Waals surface area contributed by atoms with Crippen molar-refractivity contribution < 1.29 is 120 Å². The van der Waals surface area contributed by atoms with Crippen LogP contribution in [-0.2, 0) is 37.4 Å². The van der Waals surface area contributed by atoms with Gasteiger partial charge in [-0.25, -0.2) is 0 Å².